The van der Waals surface area contributed by atoms with Gasteiger partial charge in [0.25, 0.3) is 0 Å². The molecule has 20 heteroatoms. The minimum atomic E-state index is -3.45. The molecule has 0 saturated carbocycles. The van der Waals surface area contributed by atoms with E-state index in [-0.39, 0.29) is 10.3 Å². The molecule has 0 fully saturated rings. The number of aryl methyl sites for hydroxylation is 2. The number of hydrogen-bond donors (Lipinski definition) is 3. The molecule has 4 aromatic rings. The highest BCUT2D eigenvalue weighted by Gasteiger charge is 2.18. The van der Waals surface area contributed by atoms with Crippen molar-refractivity contribution in [3.05, 3.63) is 59.7 Å². The van der Waals surface area contributed by atoms with Crippen LogP contribution in [0.4, 0.5) is 21.0 Å². The third-order valence-electron chi connectivity index (χ3n) is 5.61. The number of carboxylic acid groups (broad SMARTS) is 1. The maximum absolute atomic E-state index is 11.7. The monoisotopic (exact) mass is 678 g/mol. The van der Waals surface area contributed by atoms with Crippen LogP contribution in [0.2, 0.25) is 0 Å². The van der Waals surface area contributed by atoms with Crippen LogP contribution < -0.4 is 10.6 Å². The number of carbonyl (C=O) groups excluding carboxylic acids is 1. The van der Waals surface area contributed by atoms with Crippen molar-refractivity contribution in [1.29, 1.82) is 0 Å². The first-order chi connectivity index (χ1) is 21.2. The topological polar surface area (TPSA) is 243 Å². The van der Waals surface area contributed by atoms with Gasteiger partial charge in [-0.15, -0.1) is 0 Å². The van der Waals surface area contributed by atoms with Crippen molar-refractivity contribution in [2.45, 2.75) is 63.6 Å². The Kier molecular flexibility index (Phi) is 10.8. The van der Waals surface area contributed by atoms with Crippen molar-refractivity contribution in [2.24, 2.45) is 0 Å². The van der Waals surface area contributed by atoms with Gasteiger partial charge in [-0.3, -0.25) is 20.0 Å². The van der Waals surface area contributed by atoms with Crippen LogP contribution in [0.3, 0.4) is 0 Å². The zero-order valence-corrected chi connectivity index (χ0v) is 27.7. The molecule has 18 nitrogen and oxygen atoms in total. The zero-order chi connectivity index (χ0) is 34.4. The van der Waals surface area contributed by atoms with Gasteiger partial charge in [0.2, 0.25) is 30.0 Å². The van der Waals surface area contributed by atoms with Gasteiger partial charge in [-0.1, -0.05) is 0 Å². The number of ether oxygens (including phenoxy) is 1. The molecule has 0 aromatic carbocycles. The molecule has 4 rings (SSSR count). The van der Waals surface area contributed by atoms with E-state index in [1.807, 2.05) is 0 Å². The van der Waals surface area contributed by atoms with Crippen molar-refractivity contribution in [1.82, 2.24) is 39.5 Å². The van der Waals surface area contributed by atoms with E-state index in [1.165, 1.54) is 35.7 Å². The summed E-state index contributed by atoms with van der Waals surface area (Å²) in [6.45, 7) is 9.35. The van der Waals surface area contributed by atoms with Gasteiger partial charge in [-0.25, -0.2) is 46.4 Å². The van der Waals surface area contributed by atoms with E-state index >= 15 is 0 Å². The molecule has 0 aliphatic rings. The van der Waals surface area contributed by atoms with Crippen molar-refractivity contribution < 1.29 is 36.3 Å². The molecule has 0 radical (unpaired) electrons. The Balaban J connectivity index is 0.000000254. The molecule has 0 bridgehead atoms. The molecule has 4 heterocycles. The highest BCUT2D eigenvalue weighted by atomic mass is 32.2. The predicted molar refractivity (Wildman–Crippen MR) is 164 cm³/mol. The van der Waals surface area contributed by atoms with Crippen LogP contribution >= 0.6 is 0 Å². The lowest BCUT2D eigenvalue weighted by molar-refractivity contribution is 0.0635. The Hall–Kier alpha value is -4.98. The molecule has 3 N–H and O–H groups in total. The number of aromatic nitrogens is 8. The predicted octanol–water partition coefficient (Wildman–Crippen LogP) is 2.30. The Morgan fingerprint density at radius 3 is 1.54 bits per heavy atom. The average Bonchev–Trinajstić information content (AvgIpc) is 3.53. The summed E-state index contributed by atoms with van der Waals surface area (Å²) in [7, 11) is -6.89. The fraction of sp³-hybridized carbons (Fsp3) is 0.385. The fourth-order valence-electron chi connectivity index (χ4n) is 3.53. The van der Waals surface area contributed by atoms with Crippen molar-refractivity contribution in [2.75, 3.05) is 23.1 Å². The fourth-order valence-corrected chi connectivity index (χ4v) is 4.63. The number of nitrogens with one attached hydrogen (secondary N) is 2. The summed E-state index contributed by atoms with van der Waals surface area (Å²) in [6.07, 6.45) is 9.25. The van der Waals surface area contributed by atoms with Crippen LogP contribution in [0.25, 0.3) is 0 Å². The van der Waals surface area contributed by atoms with E-state index in [1.54, 1.807) is 45.5 Å². The molecule has 0 saturated heterocycles. The largest absolute Gasteiger partial charge is 0.465 e. The third-order valence-corrected chi connectivity index (χ3v) is 7.33. The molecule has 4 aromatic heterocycles. The SMILES string of the molecule is Cc1nc(S(C)(=O)=O)ncc1Cn1cc(NC(=O)O)cn1.Cc1nc(S(C)(=O)=O)ncc1Cn1cc(NC(=O)OC(C)(C)C)cn1. The zero-order valence-electron chi connectivity index (χ0n) is 26.1. The van der Waals surface area contributed by atoms with Crippen molar-refractivity contribution in [3.8, 4) is 0 Å². The van der Waals surface area contributed by atoms with Crippen molar-refractivity contribution in [3.63, 3.8) is 0 Å². The molecule has 0 aliphatic heterocycles. The van der Waals surface area contributed by atoms with Gasteiger partial charge in [0.15, 0.2) is 0 Å². The smallest absolute Gasteiger partial charge is 0.412 e. The second kappa shape index (κ2) is 14.0. The number of nitrogens with zero attached hydrogens (tertiary/aromatic N) is 8. The molecule has 2 amide bonds. The lowest BCUT2D eigenvalue weighted by atomic mass is 10.2. The maximum Gasteiger partial charge on any atom is 0.412 e. The van der Waals surface area contributed by atoms with E-state index in [2.05, 4.69) is 40.8 Å². The standard InChI is InChI=1S/C15H21N5O4S.C11H13N5O4S/c1-10-11(6-16-13(18-10)25(5,22)23)8-20-9-12(7-17-20)19-14(21)24-15(2,3)4;1-7-8(3-12-10(14-7)21(2,19)20)5-16-6-9(4-13-16)15-11(17)18/h6-7,9H,8H2,1-5H3,(H,19,21);3-4,6,15H,5H2,1-2H3,(H,17,18). The summed E-state index contributed by atoms with van der Waals surface area (Å²) < 4.78 is 53.9. The Morgan fingerprint density at radius 2 is 1.20 bits per heavy atom. The van der Waals surface area contributed by atoms with E-state index in [9.17, 15) is 26.4 Å². The van der Waals surface area contributed by atoms with Gasteiger partial charge in [0, 0.05) is 59.8 Å². The second-order valence-corrected chi connectivity index (χ2v) is 14.8. The third kappa shape index (κ3) is 10.9. The van der Waals surface area contributed by atoms with Crippen LogP contribution in [0.15, 0.2) is 47.5 Å². The average molecular weight is 679 g/mol. The molecule has 0 aliphatic carbocycles. The van der Waals surface area contributed by atoms with Gasteiger partial charge in [0.05, 0.1) is 36.9 Å². The van der Waals surface area contributed by atoms with Gasteiger partial charge < -0.3 is 9.84 Å². The maximum atomic E-state index is 11.7. The molecule has 248 valence electrons. The van der Waals surface area contributed by atoms with E-state index < -0.39 is 37.5 Å². The summed E-state index contributed by atoms with van der Waals surface area (Å²) in [5.74, 6) is 0. The van der Waals surface area contributed by atoms with Gasteiger partial charge in [-0.2, -0.15) is 10.2 Å². The quantitative estimate of drug-likeness (QED) is 0.227. The lowest BCUT2D eigenvalue weighted by Gasteiger charge is -2.19. The second-order valence-electron chi connectivity index (χ2n) is 11.0. The summed E-state index contributed by atoms with van der Waals surface area (Å²) in [6, 6.07) is 0. The van der Waals surface area contributed by atoms with Crippen LogP contribution in [0, 0.1) is 13.8 Å². The van der Waals surface area contributed by atoms with Crippen LogP contribution in [-0.2, 0) is 37.5 Å². The minimum absolute atomic E-state index is 0.207. The highest BCUT2D eigenvalue weighted by molar-refractivity contribution is 7.90. The van der Waals surface area contributed by atoms with Gasteiger partial charge >= 0.3 is 12.2 Å². The Morgan fingerprint density at radius 1 is 0.783 bits per heavy atom. The van der Waals surface area contributed by atoms with Gasteiger partial charge in [-0.05, 0) is 34.6 Å². The Bertz CT molecular complexity index is 1950. The molecule has 46 heavy (non-hydrogen) atoms. The van der Waals surface area contributed by atoms with Crippen LogP contribution in [0.1, 0.15) is 43.3 Å². The normalized spacial score (nSPS) is 11.7. The number of hydrogen-bond acceptors (Lipinski definition) is 13. The summed E-state index contributed by atoms with van der Waals surface area (Å²) in [4.78, 5) is 37.9. The first-order valence-electron chi connectivity index (χ1n) is 13.3. The van der Waals surface area contributed by atoms with E-state index in [4.69, 9.17) is 9.84 Å². The minimum Gasteiger partial charge on any atom is -0.465 e. The molecular weight excluding hydrogens is 644 g/mol. The Labute approximate surface area is 265 Å². The molecule has 0 spiro atoms. The summed E-state index contributed by atoms with van der Waals surface area (Å²) in [5.41, 5.74) is 2.72. The number of anilines is 2. The molecule has 0 atom stereocenters. The number of carbonyl (C=O) groups is 2. The molecular formula is C26H34N10O8S2. The number of rotatable bonds is 8. The number of amides is 2. The van der Waals surface area contributed by atoms with E-state index in [0.29, 0.717) is 41.4 Å². The van der Waals surface area contributed by atoms with Crippen molar-refractivity contribution >= 4 is 43.2 Å². The highest BCUT2D eigenvalue weighted by Crippen LogP contribution is 2.14. The van der Waals surface area contributed by atoms with Crippen LogP contribution in [-0.4, -0.2) is 91.7 Å². The number of sulfone groups is 2. The first-order valence-corrected chi connectivity index (χ1v) is 17.1. The van der Waals surface area contributed by atoms with Crippen LogP contribution in [0.5, 0.6) is 0 Å². The summed E-state index contributed by atoms with van der Waals surface area (Å²) in [5, 5.41) is 21.1. The molecule has 0 unspecified atom stereocenters. The van der Waals surface area contributed by atoms with E-state index in [0.717, 1.165) is 18.1 Å². The lowest BCUT2D eigenvalue weighted by Crippen LogP contribution is -2.27. The first kappa shape index (κ1) is 35.5. The van der Waals surface area contributed by atoms with Gasteiger partial charge in [0.1, 0.15) is 5.60 Å². The summed E-state index contributed by atoms with van der Waals surface area (Å²) >= 11 is 0.